The fraction of sp³-hybridized carbons (Fsp3) is 0.389. The first-order valence-electron chi connectivity index (χ1n) is 8.00. The average molecular weight is 316 g/mol. The summed E-state index contributed by atoms with van der Waals surface area (Å²) < 4.78 is 20.5. The molecule has 0 radical (unpaired) electrons. The van der Waals surface area contributed by atoms with Gasteiger partial charge >= 0.3 is 0 Å². The smallest absolute Gasteiger partial charge is 0.292 e. The molecule has 2 heterocycles. The molecule has 1 aromatic heterocycles. The molecule has 0 aliphatic carbocycles. The Morgan fingerprint density at radius 3 is 3.00 bits per heavy atom. The van der Waals surface area contributed by atoms with E-state index in [1.54, 1.807) is 29.0 Å². The van der Waals surface area contributed by atoms with Crippen LogP contribution in [0.15, 0.2) is 47.4 Å². The molecule has 1 atom stereocenters. The minimum atomic E-state index is -0.304. The second-order valence-electron chi connectivity index (χ2n) is 5.96. The van der Waals surface area contributed by atoms with Crippen molar-refractivity contribution in [2.45, 2.75) is 26.0 Å². The number of nitrogens with one attached hydrogen (secondary N) is 1. The van der Waals surface area contributed by atoms with E-state index >= 15 is 0 Å². The number of halogens is 1. The molecule has 3 rings (SSSR count). The van der Waals surface area contributed by atoms with Crippen LogP contribution >= 0.6 is 0 Å². The molecule has 2 aromatic rings. The van der Waals surface area contributed by atoms with Crippen molar-refractivity contribution in [2.75, 3.05) is 13.1 Å². The van der Waals surface area contributed by atoms with Gasteiger partial charge in [0.15, 0.2) is 5.75 Å². The molecule has 122 valence electrons. The van der Waals surface area contributed by atoms with E-state index in [2.05, 4.69) is 5.32 Å². The van der Waals surface area contributed by atoms with Crippen molar-refractivity contribution in [1.82, 2.24) is 9.88 Å². The zero-order chi connectivity index (χ0) is 16.1. The van der Waals surface area contributed by atoms with Crippen molar-refractivity contribution in [3.05, 3.63) is 64.3 Å². The Kier molecular flexibility index (Phi) is 5.08. The van der Waals surface area contributed by atoms with Gasteiger partial charge in [-0.25, -0.2) is 4.39 Å². The van der Waals surface area contributed by atoms with Gasteiger partial charge in [0.2, 0.25) is 0 Å². The van der Waals surface area contributed by atoms with E-state index < -0.39 is 0 Å². The number of benzene rings is 1. The first-order chi connectivity index (χ1) is 11.2. The van der Waals surface area contributed by atoms with Crippen molar-refractivity contribution in [2.24, 2.45) is 5.92 Å². The maximum atomic E-state index is 13.2. The number of aromatic nitrogens is 1. The number of rotatable bonds is 5. The standard InChI is InChI=1S/C18H21FN2O2/c19-16-6-1-4-14(10-16)13-23-17-7-3-9-21(18(17)22)12-15-5-2-8-20-11-15/h1,3-4,6-7,9-10,15,20H,2,5,8,11-13H2. The van der Waals surface area contributed by atoms with Gasteiger partial charge in [-0.1, -0.05) is 12.1 Å². The Bertz CT molecular complexity index is 708. The second kappa shape index (κ2) is 7.42. The highest BCUT2D eigenvalue weighted by Crippen LogP contribution is 2.13. The number of hydrogen-bond acceptors (Lipinski definition) is 3. The van der Waals surface area contributed by atoms with Crippen LogP contribution in [0.5, 0.6) is 5.75 Å². The van der Waals surface area contributed by atoms with Crippen molar-refractivity contribution in [3.8, 4) is 5.75 Å². The van der Waals surface area contributed by atoms with Gasteiger partial charge in [0.05, 0.1) is 0 Å². The summed E-state index contributed by atoms with van der Waals surface area (Å²) in [5, 5.41) is 3.36. The lowest BCUT2D eigenvalue weighted by Crippen LogP contribution is -2.34. The third-order valence-corrected chi connectivity index (χ3v) is 4.12. The summed E-state index contributed by atoms with van der Waals surface area (Å²) in [6, 6.07) is 9.69. The van der Waals surface area contributed by atoms with Gasteiger partial charge in [-0.05, 0) is 61.7 Å². The number of ether oxygens (including phenoxy) is 1. The molecule has 23 heavy (non-hydrogen) atoms. The highest BCUT2D eigenvalue weighted by Gasteiger charge is 2.15. The largest absolute Gasteiger partial charge is 0.483 e. The predicted octanol–water partition coefficient (Wildman–Crippen LogP) is 2.57. The van der Waals surface area contributed by atoms with Gasteiger partial charge in [0.1, 0.15) is 12.4 Å². The summed E-state index contributed by atoms with van der Waals surface area (Å²) in [7, 11) is 0. The first kappa shape index (κ1) is 15.7. The SMILES string of the molecule is O=c1c(OCc2cccc(F)c2)cccn1CC1CCCNC1. The topological polar surface area (TPSA) is 43.3 Å². The fourth-order valence-corrected chi connectivity index (χ4v) is 2.91. The molecule has 1 aromatic carbocycles. The van der Waals surface area contributed by atoms with E-state index in [1.807, 2.05) is 6.07 Å². The molecule has 0 saturated carbocycles. The van der Waals surface area contributed by atoms with E-state index in [4.69, 9.17) is 4.74 Å². The Morgan fingerprint density at radius 2 is 2.22 bits per heavy atom. The molecule has 5 heteroatoms. The third kappa shape index (κ3) is 4.20. The normalized spacial score (nSPS) is 17.9. The fourth-order valence-electron chi connectivity index (χ4n) is 2.91. The molecule has 0 amide bonds. The van der Waals surface area contributed by atoms with E-state index in [1.165, 1.54) is 12.1 Å². The van der Waals surface area contributed by atoms with Crippen molar-refractivity contribution in [3.63, 3.8) is 0 Å². The lowest BCUT2D eigenvalue weighted by atomic mass is 10.00. The van der Waals surface area contributed by atoms with Crippen molar-refractivity contribution < 1.29 is 9.13 Å². The molecule has 0 spiro atoms. The van der Waals surface area contributed by atoms with Crippen LogP contribution in [0.4, 0.5) is 4.39 Å². The highest BCUT2D eigenvalue weighted by atomic mass is 19.1. The molecule has 1 N–H and O–H groups in total. The van der Waals surface area contributed by atoms with Crippen LogP contribution in [0.3, 0.4) is 0 Å². The Balaban J connectivity index is 1.68. The average Bonchev–Trinajstić information content (AvgIpc) is 2.57. The quantitative estimate of drug-likeness (QED) is 0.922. The van der Waals surface area contributed by atoms with Crippen LogP contribution in [-0.4, -0.2) is 17.7 Å². The van der Waals surface area contributed by atoms with Gasteiger partial charge < -0.3 is 14.6 Å². The lowest BCUT2D eigenvalue weighted by molar-refractivity contribution is 0.291. The molecule has 4 nitrogen and oxygen atoms in total. The van der Waals surface area contributed by atoms with Gasteiger partial charge in [-0.3, -0.25) is 4.79 Å². The van der Waals surface area contributed by atoms with Crippen LogP contribution in [-0.2, 0) is 13.2 Å². The molecular weight excluding hydrogens is 295 g/mol. The Hall–Kier alpha value is -2.14. The number of pyridine rings is 1. The maximum absolute atomic E-state index is 13.2. The van der Waals surface area contributed by atoms with Gasteiger partial charge in [0.25, 0.3) is 5.56 Å². The molecule has 1 aliphatic heterocycles. The molecule has 1 unspecified atom stereocenters. The van der Waals surface area contributed by atoms with Crippen LogP contribution in [0.25, 0.3) is 0 Å². The molecule has 1 fully saturated rings. The number of hydrogen-bond donors (Lipinski definition) is 1. The number of nitrogens with zero attached hydrogens (tertiary/aromatic N) is 1. The summed E-state index contributed by atoms with van der Waals surface area (Å²) in [6.07, 6.45) is 4.08. The van der Waals surface area contributed by atoms with E-state index in [9.17, 15) is 9.18 Å². The highest BCUT2D eigenvalue weighted by molar-refractivity contribution is 5.20. The zero-order valence-corrected chi connectivity index (χ0v) is 13.0. The van der Waals surface area contributed by atoms with Crippen molar-refractivity contribution in [1.29, 1.82) is 0 Å². The van der Waals surface area contributed by atoms with Crippen LogP contribution < -0.4 is 15.6 Å². The number of piperidine rings is 1. The monoisotopic (exact) mass is 316 g/mol. The summed E-state index contributed by atoms with van der Waals surface area (Å²) in [6.45, 7) is 2.88. The molecule has 1 saturated heterocycles. The second-order valence-corrected chi connectivity index (χ2v) is 5.96. The Morgan fingerprint density at radius 1 is 1.30 bits per heavy atom. The minimum Gasteiger partial charge on any atom is -0.483 e. The van der Waals surface area contributed by atoms with Crippen LogP contribution in [0.2, 0.25) is 0 Å². The summed E-state index contributed by atoms with van der Waals surface area (Å²) in [5.41, 5.74) is 0.575. The van der Waals surface area contributed by atoms with Gasteiger partial charge in [-0.2, -0.15) is 0 Å². The Labute approximate surface area is 134 Å². The van der Waals surface area contributed by atoms with Crippen LogP contribution in [0, 0.1) is 11.7 Å². The maximum Gasteiger partial charge on any atom is 0.292 e. The van der Waals surface area contributed by atoms with Crippen molar-refractivity contribution >= 4 is 0 Å². The molecule has 1 aliphatic rings. The van der Waals surface area contributed by atoms with E-state index in [-0.39, 0.29) is 18.0 Å². The lowest BCUT2D eigenvalue weighted by Gasteiger charge is -2.23. The van der Waals surface area contributed by atoms with E-state index in [0.29, 0.717) is 23.8 Å². The van der Waals surface area contributed by atoms with Crippen LogP contribution in [0.1, 0.15) is 18.4 Å². The van der Waals surface area contributed by atoms with Gasteiger partial charge in [0, 0.05) is 12.7 Å². The predicted molar refractivity (Wildman–Crippen MR) is 87.0 cm³/mol. The molecular formula is C18H21FN2O2. The summed E-state index contributed by atoms with van der Waals surface area (Å²) >= 11 is 0. The summed E-state index contributed by atoms with van der Waals surface area (Å²) in [4.78, 5) is 12.5. The van der Waals surface area contributed by atoms with E-state index in [0.717, 1.165) is 25.9 Å². The minimum absolute atomic E-state index is 0.130. The summed E-state index contributed by atoms with van der Waals surface area (Å²) in [5.74, 6) is 0.474. The third-order valence-electron chi connectivity index (χ3n) is 4.12. The zero-order valence-electron chi connectivity index (χ0n) is 13.0. The van der Waals surface area contributed by atoms with Gasteiger partial charge in [-0.15, -0.1) is 0 Å². The first-order valence-corrected chi connectivity index (χ1v) is 8.00. The molecule has 0 bridgehead atoms.